The first-order chi connectivity index (χ1) is 10.5. The van der Waals surface area contributed by atoms with Gasteiger partial charge in [-0.2, -0.15) is 10.2 Å². The fourth-order valence-corrected chi connectivity index (χ4v) is 1.60. The average Bonchev–Trinajstić information content (AvgIpc) is 2.53. The highest BCUT2D eigenvalue weighted by Crippen LogP contribution is 2.06. The van der Waals surface area contributed by atoms with E-state index in [1.54, 1.807) is 7.05 Å². The maximum atomic E-state index is 5.11. The summed E-state index contributed by atoms with van der Waals surface area (Å²) in [6.07, 6.45) is 0.741. The molecule has 0 amide bonds. The summed E-state index contributed by atoms with van der Waals surface area (Å²) < 4.78 is 0. The van der Waals surface area contributed by atoms with Crippen molar-refractivity contribution in [2.75, 3.05) is 7.05 Å². The summed E-state index contributed by atoms with van der Waals surface area (Å²) in [5.41, 5.74) is 9.19. The molecule has 3 N–H and O–H groups in total. The topological polar surface area (TPSA) is 60.8 Å². The molecule has 0 heterocycles. The van der Waals surface area contributed by atoms with Crippen molar-refractivity contribution in [2.24, 2.45) is 10.2 Å². The minimum atomic E-state index is 0.439. The molecule has 0 aliphatic carbocycles. The van der Waals surface area contributed by atoms with Crippen LogP contribution in [0.15, 0.2) is 34.5 Å². The van der Waals surface area contributed by atoms with Gasteiger partial charge in [-0.15, -0.1) is 0 Å². The molecule has 0 unspecified atom stereocenters. The van der Waals surface area contributed by atoms with Gasteiger partial charge >= 0.3 is 0 Å². The van der Waals surface area contributed by atoms with Crippen molar-refractivity contribution >= 4 is 46.0 Å². The van der Waals surface area contributed by atoms with Crippen molar-refractivity contribution in [1.82, 2.24) is 16.2 Å². The first-order valence-electron chi connectivity index (χ1n) is 6.93. The lowest BCUT2D eigenvalue weighted by Gasteiger charge is -2.09. The molecule has 0 aliphatic rings. The van der Waals surface area contributed by atoms with Crippen LogP contribution in [-0.2, 0) is 0 Å². The third-order valence-corrected chi connectivity index (χ3v) is 3.51. The van der Waals surface area contributed by atoms with E-state index in [1.807, 2.05) is 45.0 Å². The Morgan fingerprint density at radius 2 is 1.73 bits per heavy atom. The van der Waals surface area contributed by atoms with Crippen LogP contribution in [0.4, 0.5) is 0 Å². The second kappa shape index (κ2) is 9.22. The van der Waals surface area contributed by atoms with Crippen molar-refractivity contribution in [2.45, 2.75) is 27.2 Å². The minimum Gasteiger partial charge on any atom is -0.364 e. The number of aryl methyl sites for hydroxylation is 1. The maximum Gasteiger partial charge on any atom is 0.186 e. The first-order valence-corrected chi connectivity index (χ1v) is 7.75. The van der Waals surface area contributed by atoms with Crippen LogP contribution in [-0.4, -0.2) is 28.6 Å². The van der Waals surface area contributed by atoms with Crippen LogP contribution in [0.1, 0.15) is 31.4 Å². The molecule has 0 atom stereocenters. The fraction of sp³-hybridized carbons (Fsp3) is 0.333. The lowest BCUT2D eigenvalue weighted by Crippen LogP contribution is -2.31. The third kappa shape index (κ3) is 5.87. The molecule has 0 bridgehead atoms. The van der Waals surface area contributed by atoms with Gasteiger partial charge in [-0.3, -0.25) is 10.9 Å². The monoisotopic (exact) mass is 335 g/mol. The van der Waals surface area contributed by atoms with Crippen molar-refractivity contribution < 1.29 is 0 Å². The summed E-state index contributed by atoms with van der Waals surface area (Å²) in [5.74, 6) is 0. The number of nitrogens with zero attached hydrogens (tertiary/aromatic N) is 2. The van der Waals surface area contributed by atoms with Gasteiger partial charge < -0.3 is 5.32 Å². The molecule has 1 rings (SSSR count). The molecule has 118 valence electrons. The molecule has 0 saturated carbocycles. The van der Waals surface area contributed by atoms with Crippen LogP contribution in [0, 0.1) is 6.92 Å². The van der Waals surface area contributed by atoms with E-state index in [-0.39, 0.29) is 0 Å². The number of hydrogen-bond donors (Lipinski definition) is 3. The average molecular weight is 336 g/mol. The van der Waals surface area contributed by atoms with Gasteiger partial charge in [0.2, 0.25) is 0 Å². The predicted octanol–water partition coefficient (Wildman–Crippen LogP) is 2.50. The van der Waals surface area contributed by atoms with E-state index >= 15 is 0 Å². The van der Waals surface area contributed by atoms with Gasteiger partial charge in [0, 0.05) is 12.6 Å². The summed E-state index contributed by atoms with van der Waals surface area (Å²) in [7, 11) is 1.73. The Kier molecular flexibility index (Phi) is 7.62. The van der Waals surface area contributed by atoms with Gasteiger partial charge in [-0.05, 0) is 32.5 Å². The number of hydrazone groups is 2. The van der Waals surface area contributed by atoms with Crippen molar-refractivity contribution in [1.29, 1.82) is 0 Å². The van der Waals surface area contributed by atoms with Crippen LogP contribution in [0.25, 0.3) is 0 Å². The first kappa shape index (κ1) is 18.2. The molecule has 0 aromatic heterocycles. The van der Waals surface area contributed by atoms with Crippen LogP contribution < -0.4 is 16.2 Å². The molecule has 0 saturated heterocycles. The Balaban J connectivity index is 3.07. The number of hydrogen-bond acceptors (Lipinski definition) is 4. The van der Waals surface area contributed by atoms with Crippen LogP contribution in [0.2, 0.25) is 0 Å². The van der Waals surface area contributed by atoms with Gasteiger partial charge in [0.05, 0.1) is 10.7 Å². The highest BCUT2D eigenvalue weighted by atomic mass is 32.1. The Bertz CT molecular complexity index is 590. The van der Waals surface area contributed by atoms with E-state index in [4.69, 9.17) is 24.4 Å². The van der Waals surface area contributed by atoms with Crippen molar-refractivity contribution in [3.63, 3.8) is 0 Å². The largest absolute Gasteiger partial charge is 0.364 e. The molecule has 1 aromatic rings. The molecule has 0 radical (unpaired) electrons. The Morgan fingerprint density at radius 3 is 2.27 bits per heavy atom. The highest BCUT2D eigenvalue weighted by molar-refractivity contribution is 7.80. The zero-order valence-electron chi connectivity index (χ0n) is 13.2. The second-order valence-electron chi connectivity index (χ2n) is 4.60. The zero-order chi connectivity index (χ0) is 16.5. The molecule has 5 nitrogen and oxygen atoms in total. The lowest BCUT2D eigenvalue weighted by molar-refractivity contribution is 0.974. The van der Waals surface area contributed by atoms with Crippen LogP contribution in [0.5, 0.6) is 0 Å². The van der Waals surface area contributed by atoms with Crippen molar-refractivity contribution in [3.05, 3.63) is 35.4 Å². The third-order valence-electron chi connectivity index (χ3n) is 2.83. The number of nitrogens with one attached hydrogen (secondary N) is 3. The van der Waals surface area contributed by atoms with Gasteiger partial charge in [0.15, 0.2) is 5.11 Å². The summed E-state index contributed by atoms with van der Waals surface area (Å²) >= 11 is 10.2. The second-order valence-corrected chi connectivity index (χ2v) is 5.50. The molecule has 1 aromatic carbocycles. The van der Waals surface area contributed by atoms with Gasteiger partial charge in [-0.1, -0.05) is 49.0 Å². The molecule has 0 fully saturated rings. The van der Waals surface area contributed by atoms with Crippen molar-refractivity contribution in [3.8, 4) is 0 Å². The summed E-state index contributed by atoms with van der Waals surface area (Å²) in [5, 5.41) is 11.9. The molecular formula is C15H21N5S2. The van der Waals surface area contributed by atoms with E-state index in [9.17, 15) is 0 Å². The van der Waals surface area contributed by atoms with E-state index in [1.165, 1.54) is 5.56 Å². The molecule has 0 aliphatic heterocycles. The minimum absolute atomic E-state index is 0.439. The Labute approximate surface area is 142 Å². The summed E-state index contributed by atoms with van der Waals surface area (Å²) in [6.45, 7) is 5.88. The molecule has 0 spiro atoms. The Morgan fingerprint density at radius 1 is 1.09 bits per heavy atom. The fourth-order valence-electron chi connectivity index (χ4n) is 1.51. The van der Waals surface area contributed by atoms with Gasteiger partial charge in [0.1, 0.15) is 5.71 Å². The van der Waals surface area contributed by atoms with E-state index < -0.39 is 0 Å². The highest BCUT2D eigenvalue weighted by Gasteiger charge is 2.09. The van der Waals surface area contributed by atoms with Crippen LogP contribution >= 0.6 is 24.4 Å². The Hall–Kier alpha value is -1.86. The van der Waals surface area contributed by atoms with Gasteiger partial charge in [0.25, 0.3) is 0 Å². The molecule has 7 heteroatoms. The number of benzene rings is 1. The smallest absolute Gasteiger partial charge is 0.186 e. The van der Waals surface area contributed by atoms with E-state index in [2.05, 4.69) is 26.4 Å². The lowest BCUT2D eigenvalue weighted by atomic mass is 10.1. The number of rotatable bonds is 5. The standard InChI is InChI=1S/C15H21N5S2/c1-5-13(21)18-17-11(3)14(19-20-15(22)16-4)12-8-6-10(2)7-9-12/h6-9H,5H2,1-4H3,(H,18,21)(H2,16,20,22). The zero-order valence-corrected chi connectivity index (χ0v) is 14.9. The van der Waals surface area contributed by atoms with Gasteiger partial charge in [-0.25, -0.2) is 0 Å². The quantitative estimate of drug-likeness (QED) is 0.438. The number of thiocarbonyl (C=S) groups is 2. The molecular weight excluding hydrogens is 314 g/mol. The van der Waals surface area contributed by atoms with E-state index in [0.717, 1.165) is 12.0 Å². The maximum absolute atomic E-state index is 5.11. The SMILES string of the molecule is CCC(=S)NN=C(C)C(=NNC(=S)NC)c1ccc(C)cc1. The van der Waals surface area contributed by atoms with E-state index in [0.29, 0.717) is 21.5 Å². The predicted molar refractivity (Wildman–Crippen MR) is 102 cm³/mol. The summed E-state index contributed by atoms with van der Waals surface area (Å²) in [4.78, 5) is 0.682. The molecule has 22 heavy (non-hydrogen) atoms. The summed E-state index contributed by atoms with van der Waals surface area (Å²) in [6, 6.07) is 8.04. The van der Waals surface area contributed by atoms with Crippen LogP contribution in [0.3, 0.4) is 0 Å². The normalized spacial score (nSPS) is 11.8.